The van der Waals surface area contributed by atoms with Crippen molar-refractivity contribution in [2.75, 3.05) is 13.1 Å². The molecule has 0 fully saturated rings. The standard InChI is InChI=1S/C21H15N3O5S.C16H10N4O4S/c25-16(26)11-23-20(28)17-18(27)19-15(10-22-17)24-21(30-19)12-6-8-14(9-7-12)29-13-4-2-1-3-5-13;17-6-9-11-14(25-16(20-11)8-4-2-1-3-5-8)13(23)12(19-9)15(24)18-7-10(21)22/h1-10,27H,11H2,(H,23,28)(H,25,26);1-5,23H,7H2,(H,18,24)(H,21,22). The van der Waals surface area contributed by atoms with Gasteiger partial charge in [0.1, 0.15) is 61.1 Å². The van der Waals surface area contributed by atoms with Crippen molar-refractivity contribution in [3.8, 4) is 50.2 Å². The molecule has 55 heavy (non-hydrogen) atoms. The fourth-order valence-corrected chi connectivity index (χ4v) is 6.85. The van der Waals surface area contributed by atoms with Crippen LogP contribution in [-0.2, 0) is 9.59 Å². The zero-order valence-corrected chi connectivity index (χ0v) is 29.6. The second-order valence-corrected chi connectivity index (χ2v) is 13.1. The number of ether oxygens (including phenoxy) is 1. The zero-order valence-electron chi connectivity index (χ0n) is 28.0. The van der Waals surface area contributed by atoms with E-state index in [0.717, 1.165) is 28.2 Å². The van der Waals surface area contributed by atoms with Crippen LogP contribution in [0.25, 0.3) is 41.6 Å². The lowest BCUT2D eigenvalue weighted by atomic mass is 10.2. The molecule has 4 aromatic heterocycles. The van der Waals surface area contributed by atoms with E-state index in [-0.39, 0.29) is 27.4 Å². The predicted octanol–water partition coefficient (Wildman–Crippen LogP) is 5.42. The van der Waals surface area contributed by atoms with E-state index in [4.69, 9.17) is 14.9 Å². The van der Waals surface area contributed by atoms with Crippen molar-refractivity contribution in [2.45, 2.75) is 0 Å². The number of para-hydroxylation sites is 1. The quantitative estimate of drug-likeness (QED) is 0.101. The minimum absolute atomic E-state index is 0.119. The largest absolute Gasteiger partial charge is 0.504 e. The number of carboxylic acid groups (broad SMARTS) is 2. The van der Waals surface area contributed by atoms with E-state index >= 15 is 0 Å². The maximum absolute atomic E-state index is 12.1. The van der Waals surface area contributed by atoms with Crippen LogP contribution < -0.4 is 15.4 Å². The number of aromatic hydroxyl groups is 2. The summed E-state index contributed by atoms with van der Waals surface area (Å²) < 4.78 is 6.41. The number of hydrogen-bond acceptors (Lipinski definition) is 14. The van der Waals surface area contributed by atoms with Gasteiger partial charge in [0, 0.05) is 11.1 Å². The van der Waals surface area contributed by atoms with Gasteiger partial charge in [0.25, 0.3) is 11.8 Å². The minimum Gasteiger partial charge on any atom is -0.504 e. The summed E-state index contributed by atoms with van der Waals surface area (Å²) in [5, 5.41) is 52.8. The van der Waals surface area contributed by atoms with Crippen molar-refractivity contribution in [2.24, 2.45) is 0 Å². The SMILES string of the molecule is N#Cc1nc(C(=O)NCC(=O)O)c(O)c2sc(-c3ccccc3)nc12.O=C(O)CNC(=O)c1ncc2nc(-c3ccc(Oc4ccccc4)cc3)sc2c1O. The number of amides is 2. The number of carbonyl (C=O) groups is 4. The average Bonchev–Trinajstić information content (AvgIpc) is 3.85. The number of benzene rings is 3. The van der Waals surface area contributed by atoms with Gasteiger partial charge in [0.05, 0.1) is 6.20 Å². The number of aromatic nitrogens is 4. The van der Waals surface area contributed by atoms with Gasteiger partial charge in [0.2, 0.25) is 0 Å². The Morgan fingerprint density at radius 3 is 1.82 bits per heavy atom. The van der Waals surface area contributed by atoms with E-state index in [9.17, 15) is 34.7 Å². The van der Waals surface area contributed by atoms with E-state index in [2.05, 4.69) is 30.6 Å². The average molecular weight is 776 g/mol. The Hall–Kier alpha value is -7.49. The van der Waals surface area contributed by atoms with Crippen LogP contribution in [0.3, 0.4) is 0 Å². The molecule has 7 aromatic rings. The van der Waals surface area contributed by atoms with Gasteiger partial charge in [-0.2, -0.15) is 5.26 Å². The second kappa shape index (κ2) is 16.5. The molecule has 0 aliphatic carbocycles. The van der Waals surface area contributed by atoms with Crippen molar-refractivity contribution in [1.82, 2.24) is 30.6 Å². The molecule has 4 heterocycles. The highest BCUT2D eigenvalue weighted by Crippen LogP contribution is 2.39. The molecule has 0 saturated carbocycles. The van der Waals surface area contributed by atoms with Crippen LogP contribution in [0.1, 0.15) is 26.7 Å². The van der Waals surface area contributed by atoms with Crippen LogP contribution in [0.4, 0.5) is 0 Å². The topological polar surface area (TPSA) is 258 Å². The van der Waals surface area contributed by atoms with Crippen LogP contribution in [0.5, 0.6) is 23.0 Å². The molecule has 16 nitrogen and oxygen atoms in total. The van der Waals surface area contributed by atoms with Crippen molar-refractivity contribution in [1.29, 1.82) is 5.26 Å². The van der Waals surface area contributed by atoms with Crippen molar-refractivity contribution < 1.29 is 44.3 Å². The smallest absolute Gasteiger partial charge is 0.322 e. The van der Waals surface area contributed by atoms with Gasteiger partial charge < -0.3 is 35.8 Å². The van der Waals surface area contributed by atoms with Gasteiger partial charge in [0.15, 0.2) is 28.6 Å². The summed E-state index contributed by atoms with van der Waals surface area (Å²) in [6, 6.07) is 27.8. The summed E-state index contributed by atoms with van der Waals surface area (Å²) in [6.07, 6.45) is 1.37. The molecule has 274 valence electrons. The van der Waals surface area contributed by atoms with Gasteiger partial charge in [-0.3, -0.25) is 19.2 Å². The number of carbonyl (C=O) groups excluding carboxylic acids is 2. The van der Waals surface area contributed by atoms with E-state index in [1.165, 1.54) is 17.5 Å². The Balaban J connectivity index is 0.000000190. The molecule has 0 aliphatic rings. The number of hydrogen-bond donors (Lipinski definition) is 6. The van der Waals surface area contributed by atoms with E-state index in [0.29, 0.717) is 26.0 Å². The normalized spacial score (nSPS) is 10.5. The maximum atomic E-state index is 12.1. The summed E-state index contributed by atoms with van der Waals surface area (Å²) in [7, 11) is 0. The number of rotatable bonds is 10. The number of nitriles is 1. The van der Waals surface area contributed by atoms with Gasteiger partial charge in [-0.15, -0.1) is 22.7 Å². The number of fused-ring (bicyclic) bond motifs is 2. The van der Waals surface area contributed by atoms with Gasteiger partial charge in [-0.05, 0) is 36.4 Å². The number of thiazole rings is 2. The predicted molar refractivity (Wildman–Crippen MR) is 200 cm³/mol. The number of pyridine rings is 2. The highest BCUT2D eigenvalue weighted by Gasteiger charge is 2.23. The summed E-state index contributed by atoms with van der Waals surface area (Å²) >= 11 is 2.32. The molecule has 3 aromatic carbocycles. The highest BCUT2D eigenvalue weighted by atomic mass is 32.1. The Morgan fingerprint density at radius 1 is 0.673 bits per heavy atom. The van der Waals surface area contributed by atoms with Crippen molar-refractivity contribution in [3.05, 3.63) is 108 Å². The summed E-state index contributed by atoms with van der Waals surface area (Å²) in [4.78, 5) is 61.8. The Morgan fingerprint density at radius 2 is 1.20 bits per heavy atom. The lowest BCUT2D eigenvalue weighted by Gasteiger charge is -2.05. The molecule has 18 heteroatoms. The molecular weight excluding hydrogens is 751 g/mol. The van der Waals surface area contributed by atoms with Gasteiger partial charge in [-0.25, -0.2) is 19.9 Å². The summed E-state index contributed by atoms with van der Waals surface area (Å²) in [6.45, 7) is -1.19. The molecule has 0 bridgehead atoms. The first kappa shape index (κ1) is 37.3. The number of carboxylic acids is 2. The van der Waals surface area contributed by atoms with E-state index < -0.39 is 48.3 Å². The third-order valence-electron chi connectivity index (χ3n) is 7.36. The highest BCUT2D eigenvalue weighted by molar-refractivity contribution is 7.22. The number of nitrogens with one attached hydrogen (secondary N) is 2. The van der Waals surface area contributed by atoms with Crippen LogP contribution in [0.15, 0.2) is 91.1 Å². The first-order chi connectivity index (χ1) is 26.5. The lowest BCUT2D eigenvalue weighted by molar-refractivity contribution is -0.136. The molecule has 7 rings (SSSR count). The Kier molecular flexibility index (Phi) is 11.2. The molecule has 0 unspecified atom stereocenters. The van der Waals surface area contributed by atoms with Crippen LogP contribution >= 0.6 is 22.7 Å². The first-order valence-corrected chi connectivity index (χ1v) is 17.5. The van der Waals surface area contributed by atoms with Crippen LogP contribution in [-0.4, -0.2) is 77.2 Å². The monoisotopic (exact) mass is 775 g/mol. The van der Waals surface area contributed by atoms with Crippen LogP contribution in [0.2, 0.25) is 0 Å². The first-order valence-electron chi connectivity index (χ1n) is 15.8. The Labute approximate surface area is 317 Å². The molecule has 0 spiro atoms. The minimum atomic E-state index is -1.24. The van der Waals surface area contributed by atoms with Gasteiger partial charge in [-0.1, -0.05) is 48.5 Å². The van der Waals surface area contributed by atoms with E-state index in [1.807, 2.05) is 91.0 Å². The third kappa shape index (κ3) is 8.60. The van der Waals surface area contributed by atoms with E-state index in [1.54, 1.807) is 0 Å². The number of nitrogens with zero attached hydrogens (tertiary/aromatic N) is 5. The summed E-state index contributed by atoms with van der Waals surface area (Å²) in [5.74, 6) is -3.44. The van der Waals surface area contributed by atoms with Crippen LogP contribution in [0, 0.1) is 11.3 Å². The van der Waals surface area contributed by atoms with Crippen molar-refractivity contribution >= 4 is 66.9 Å². The number of aliphatic carboxylic acids is 2. The fourth-order valence-electron chi connectivity index (χ4n) is 4.85. The summed E-state index contributed by atoms with van der Waals surface area (Å²) in [5.41, 5.74) is 1.47. The molecule has 2 amide bonds. The fraction of sp³-hybridized carbons (Fsp3) is 0.0541. The Bertz CT molecular complexity index is 2610. The molecule has 0 atom stereocenters. The van der Waals surface area contributed by atoms with Crippen molar-refractivity contribution in [3.63, 3.8) is 0 Å². The molecule has 0 aliphatic heterocycles. The molecular formula is C37H25N7O9S2. The second-order valence-electron chi connectivity index (χ2n) is 11.1. The third-order valence-corrected chi connectivity index (χ3v) is 9.60. The lowest BCUT2D eigenvalue weighted by Crippen LogP contribution is -2.30. The maximum Gasteiger partial charge on any atom is 0.322 e. The molecule has 6 N–H and O–H groups in total. The zero-order chi connectivity index (χ0) is 39.1. The van der Waals surface area contributed by atoms with Gasteiger partial charge >= 0.3 is 11.9 Å². The molecule has 0 radical (unpaired) electrons. The molecule has 0 saturated heterocycles.